The smallest absolute Gasteiger partial charge is 0.321 e. The molecule has 0 aliphatic rings. The van der Waals surface area contributed by atoms with Crippen LogP contribution in [0, 0.1) is 11.3 Å². The van der Waals surface area contributed by atoms with Crippen molar-refractivity contribution in [1.29, 1.82) is 5.26 Å². The highest BCUT2D eigenvalue weighted by atomic mass is 32.2. The maximum Gasteiger partial charge on any atom is 0.321 e. The molecule has 7 heteroatoms. The predicted octanol–water partition coefficient (Wildman–Crippen LogP) is 0.310. The van der Waals surface area contributed by atoms with Gasteiger partial charge in [-0.2, -0.15) is 9.98 Å². The summed E-state index contributed by atoms with van der Waals surface area (Å²) in [4.78, 5) is 10.4. The van der Waals surface area contributed by atoms with Crippen molar-refractivity contribution in [3.8, 4) is 6.07 Å². The first-order valence-corrected chi connectivity index (χ1v) is 6.10. The Kier molecular flexibility index (Phi) is 3.83. The van der Waals surface area contributed by atoms with Gasteiger partial charge in [0, 0.05) is 0 Å². The first kappa shape index (κ1) is 13.2. The van der Waals surface area contributed by atoms with E-state index in [1.54, 1.807) is 6.07 Å². The van der Waals surface area contributed by atoms with Crippen molar-refractivity contribution in [3.05, 3.63) is 29.8 Å². The third-order valence-electron chi connectivity index (χ3n) is 1.98. The zero-order chi connectivity index (χ0) is 13.1. The molecule has 90 valence electrons. The van der Waals surface area contributed by atoms with Gasteiger partial charge in [-0.1, -0.05) is 6.07 Å². The van der Waals surface area contributed by atoms with Gasteiger partial charge >= 0.3 is 5.97 Å². The molecule has 0 radical (unpaired) electrons. The molecule has 0 fully saturated rings. The van der Waals surface area contributed by atoms with Gasteiger partial charge in [0.2, 0.25) is 10.0 Å². The fourth-order valence-corrected chi connectivity index (χ4v) is 2.33. The molecule has 0 saturated carbocycles. The molecule has 0 unspecified atom stereocenters. The number of nitrogens with zero attached hydrogens (tertiary/aromatic N) is 1. The van der Waals surface area contributed by atoms with Gasteiger partial charge < -0.3 is 5.11 Å². The number of rotatable bonds is 4. The second kappa shape index (κ2) is 4.95. The van der Waals surface area contributed by atoms with Crippen molar-refractivity contribution >= 4 is 16.0 Å². The number of sulfonamides is 1. The summed E-state index contributed by atoms with van der Waals surface area (Å²) in [5.41, 5.74) is 0.191. The van der Waals surface area contributed by atoms with Crippen LogP contribution in [0.5, 0.6) is 0 Å². The van der Waals surface area contributed by atoms with Gasteiger partial charge in [0.25, 0.3) is 0 Å². The van der Waals surface area contributed by atoms with Crippen molar-refractivity contribution < 1.29 is 18.3 Å². The summed E-state index contributed by atoms with van der Waals surface area (Å²) < 4.78 is 25.4. The fourth-order valence-electron chi connectivity index (χ4n) is 1.08. The van der Waals surface area contributed by atoms with E-state index in [9.17, 15) is 13.2 Å². The normalized spacial score (nSPS) is 12.7. The Balaban J connectivity index is 3.06. The molecule has 0 saturated heterocycles. The molecule has 0 aliphatic heterocycles. The highest BCUT2D eigenvalue weighted by Gasteiger charge is 2.21. The van der Waals surface area contributed by atoms with E-state index in [1.807, 2.05) is 4.72 Å². The molecule has 1 aromatic rings. The van der Waals surface area contributed by atoms with Crippen molar-refractivity contribution in [1.82, 2.24) is 4.72 Å². The standard InChI is InChI=1S/C10H10N2O4S/c1-7(10(13)14)12-17(15,16)9-4-2-3-8(5-9)6-11/h2-5,7,12H,1H3,(H,13,14)/t7-/m0/s1. The van der Waals surface area contributed by atoms with E-state index in [2.05, 4.69) is 0 Å². The summed E-state index contributed by atoms with van der Waals surface area (Å²) in [5, 5.41) is 17.3. The van der Waals surface area contributed by atoms with E-state index >= 15 is 0 Å². The van der Waals surface area contributed by atoms with Crippen molar-refractivity contribution in [2.24, 2.45) is 0 Å². The van der Waals surface area contributed by atoms with E-state index in [1.165, 1.54) is 31.2 Å². The van der Waals surface area contributed by atoms with E-state index < -0.39 is 22.0 Å². The zero-order valence-corrected chi connectivity index (χ0v) is 9.73. The molecule has 0 bridgehead atoms. The van der Waals surface area contributed by atoms with E-state index in [0.29, 0.717) is 0 Å². The van der Waals surface area contributed by atoms with Crippen LogP contribution in [0.15, 0.2) is 29.2 Å². The Labute approximate surface area is 98.6 Å². The third-order valence-corrected chi connectivity index (χ3v) is 3.51. The topological polar surface area (TPSA) is 107 Å². The monoisotopic (exact) mass is 254 g/mol. The summed E-state index contributed by atoms with van der Waals surface area (Å²) in [6.45, 7) is 1.22. The van der Waals surface area contributed by atoms with Crippen LogP contribution in [0.4, 0.5) is 0 Å². The Morgan fingerprint density at radius 3 is 2.71 bits per heavy atom. The van der Waals surface area contributed by atoms with Gasteiger partial charge in [-0.15, -0.1) is 0 Å². The summed E-state index contributed by atoms with van der Waals surface area (Å²) in [6, 6.07) is 5.92. The van der Waals surface area contributed by atoms with Gasteiger partial charge in [0.1, 0.15) is 6.04 Å². The van der Waals surface area contributed by atoms with Crippen molar-refractivity contribution in [2.75, 3.05) is 0 Å². The van der Waals surface area contributed by atoms with Gasteiger partial charge in [-0.25, -0.2) is 8.42 Å². The Morgan fingerprint density at radius 1 is 1.53 bits per heavy atom. The van der Waals surface area contributed by atoms with E-state index in [-0.39, 0.29) is 10.5 Å². The average molecular weight is 254 g/mol. The lowest BCUT2D eigenvalue weighted by atomic mass is 10.2. The Hall–Kier alpha value is -1.91. The highest BCUT2D eigenvalue weighted by molar-refractivity contribution is 7.89. The van der Waals surface area contributed by atoms with Crippen LogP contribution in [0.1, 0.15) is 12.5 Å². The number of carboxylic acid groups (broad SMARTS) is 1. The summed E-state index contributed by atoms with van der Waals surface area (Å²) in [6.07, 6.45) is 0. The molecule has 1 atom stereocenters. The lowest BCUT2D eigenvalue weighted by Crippen LogP contribution is -2.38. The van der Waals surface area contributed by atoms with Gasteiger partial charge in [-0.3, -0.25) is 4.79 Å². The maximum atomic E-state index is 11.7. The largest absolute Gasteiger partial charge is 0.480 e. The van der Waals surface area contributed by atoms with Crippen LogP contribution in [0.25, 0.3) is 0 Å². The molecule has 17 heavy (non-hydrogen) atoms. The maximum absolute atomic E-state index is 11.7. The molecule has 0 heterocycles. The molecule has 1 aromatic carbocycles. The fraction of sp³-hybridized carbons (Fsp3) is 0.200. The Bertz CT molecular complexity index is 574. The van der Waals surface area contributed by atoms with Crippen LogP contribution < -0.4 is 4.72 Å². The van der Waals surface area contributed by atoms with Crippen LogP contribution >= 0.6 is 0 Å². The minimum absolute atomic E-state index is 0.135. The molecule has 0 spiro atoms. The summed E-state index contributed by atoms with van der Waals surface area (Å²) >= 11 is 0. The number of nitriles is 1. The van der Waals surface area contributed by atoms with E-state index in [4.69, 9.17) is 10.4 Å². The predicted molar refractivity (Wildman–Crippen MR) is 58.6 cm³/mol. The quantitative estimate of drug-likeness (QED) is 0.804. The molecule has 0 aliphatic carbocycles. The minimum Gasteiger partial charge on any atom is -0.480 e. The Morgan fingerprint density at radius 2 is 2.18 bits per heavy atom. The number of aliphatic carboxylic acids is 1. The van der Waals surface area contributed by atoms with Crippen molar-refractivity contribution in [3.63, 3.8) is 0 Å². The number of hydrogen-bond acceptors (Lipinski definition) is 4. The minimum atomic E-state index is -3.92. The number of hydrogen-bond donors (Lipinski definition) is 2. The molecule has 1 rings (SSSR count). The number of benzene rings is 1. The number of carboxylic acids is 1. The number of carbonyl (C=O) groups is 1. The SMILES string of the molecule is C[C@H](NS(=O)(=O)c1cccc(C#N)c1)C(=O)O. The van der Waals surface area contributed by atoms with Crippen LogP contribution in [-0.2, 0) is 14.8 Å². The average Bonchev–Trinajstić information content (AvgIpc) is 2.28. The molecule has 2 N–H and O–H groups in total. The summed E-state index contributed by atoms with van der Waals surface area (Å²) in [5.74, 6) is -1.27. The first-order chi connectivity index (χ1) is 7.86. The zero-order valence-electron chi connectivity index (χ0n) is 8.91. The van der Waals surface area contributed by atoms with Gasteiger partial charge in [-0.05, 0) is 25.1 Å². The second-order valence-corrected chi connectivity index (χ2v) is 5.03. The lowest BCUT2D eigenvalue weighted by molar-refractivity contribution is -0.138. The van der Waals surface area contributed by atoms with Crippen LogP contribution in [0.3, 0.4) is 0 Å². The highest BCUT2D eigenvalue weighted by Crippen LogP contribution is 2.11. The third kappa shape index (κ3) is 3.27. The summed E-state index contributed by atoms with van der Waals surface area (Å²) in [7, 11) is -3.92. The first-order valence-electron chi connectivity index (χ1n) is 4.62. The molecule has 0 amide bonds. The van der Waals surface area contributed by atoms with E-state index in [0.717, 1.165) is 0 Å². The molecular formula is C10H10N2O4S. The second-order valence-electron chi connectivity index (χ2n) is 3.32. The molecular weight excluding hydrogens is 244 g/mol. The van der Waals surface area contributed by atoms with Crippen LogP contribution in [-0.4, -0.2) is 25.5 Å². The van der Waals surface area contributed by atoms with Crippen LogP contribution in [0.2, 0.25) is 0 Å². The van der Waals surface area contributed by atoms with Gasteiger partial charge in [0.05, 0.1) is 16.5 Å². The number of nitrogens with one attached hydrogen (secondary N) is 1. The lowest BCUT2D eigenvalue weighted by Gasteiger charge is -2.10. The molecule has 6 nitrogen and oxygen atoms in total. The van der Waals surface area contributed by atoms with Crippen molar-refractivity contribution in [2.45, 2.75) is 17.9 Å². The molecule has 0 aromatic heterocycles. The van der Waals surface area contributed by atoms with Gasteiger partial charge in [0.15, 0.2) is 0 Å².